The number of nitrogens with one attached hydrogen (secondary N) is 1. The van der Waals surface area contributed by atoms with E-state index < -0.39 is 0 Å². The molecule has 4 heteroatoms. The van der Waals surface area contributed by atoms with Crippen LogP contribution in [-0.4, -0.2) is 29.7 Å². The first kappa shape index (κ1) is 11.0. The van der Waals surface area contributed by atoms with Crippen molar-refractivity contribution in [2.75, 3.05) is 13.1 Å². The van der Waals surface area contributed by atoms with Crippen LogP contribution < -0.4 is 5.73 Å². The quantitative estimate of drug-likeness (QED) is 0.508. The van der Waals surface area contributed by atoms with Gasteiger partial charge in [0.25, 0.3) is 0 Å². The van der Waals surface area contributed by atoms with E-state index in [2.05, 4.69) is 0 Å². The van der Waals surface area contributed by atoms with Crippen LogP contribution in [0.4, 0.5) is 0 Å². The van der Waals surface area contributed by atoms with Crippen molar-refractivity contribution in [2.24, 2.45) is 17.6 Å². The minimum absolute atomic E-state index is 0.0423. The van der Waals surface area contributed by atoms with Crippen LogP contribution in [0.3, 0.4) is 0 Å². The van der Waals surface area contributed by atoms with Gasteiger partial charge in [0.2, 0.25) is 5.91 Å². The zero-order chi connectivity index (χ0) is 10.7. The van der Waals surface area contributed by atoms with E-state index in [4.69, 9.17) is 11.1 Å². The molecule has 0 saturated carbocycles. The summed E-state index contributed by atoms with van der Waals surface area (Å²) in [7, 11) is 0. The monoisotopic (exact) mass is 197 g/mol. The van der Waals surface area contributed by atoms with E-state index in [1.165, 1.54) is 0 Å². The van der Waals surface area contributed by atoms with Gasteiger partial charge < -0.3 is 10.6 Å². The number of rotatable bonds is 2. The molecule has 1 amide bonds. The Bertz CT molecular complexity index is 238. The second kappa shape index (κ2) is 4.44. The van der Waals surface area contributed by atoms with Crippen molar-refractivity contribution in [1.82, 2.24) is 4.90 Å². The predicted octanol–water partition coefficient (Wildman–Crippen LogP) is 0.817. The summed E-state index contributed by atoms with van der Waals surface area (Å²) in [4.78, 5) is 13.5. The van der Waals surface area contributed by atoms with E-state index in [1.807, 2.05) is 18.7 Å². The van der Waals surface area contributed by atoms with Gasteiger partial charge in [0.05, 0.1) is 5.84 Å². The maximum atomic E-state index is 11.7. The molecule has 0 aliphatic carbocycles. The fourth-order valence-electron chi connectivity index (χ4n) is 1.80. The number of nitrogens with two attached hydrogens (primary N) is 1. The van der Waals surface area contributed by atoms with Crippen LogP contribution in [-0.2, 0) is 4.79 Å². The lowest BCUT2D eigenvalue weighted by Gasteiger charge is -2.33. The first-order valence-corrected chi connectivity index (χ1v) is 5.15. The topological polar surface area (TPSA) is 70.2 Å². The number of hydrogen-bond acceptors (Lipinski definition) is 2. The third kappa shape index (κ3) is 2.47. The van der Waals surface area contributed by atoms with Gasteiger partial charge in [-0.05, 0) is 12.8 Å². The summed E-state index contributed by atoms with van der Waals surface area (Å²) in [6, 6.07) is 0. The first-order valence-electron chi connectivity index (χ1n) is 5.15. The fourth-order valence-corrected chi connectivity index (χ4v) is 1.80. The lowest BCUT2D eigenvalue weighted by molar-refractivity contribution is -0.135. The molecule has 0 bridgehead atoms. The molecular weight excluding hydrogens is 178 g/mol. The van der Waals surface area contributed by atoms with Crippen LogP contribution in [0.15, 0.2) is 0 Å². The van der Waals surface area contributed by atoms with Crippen molar-refractivity contribution in [1.29, 1.82) is 5.41 Å². The summed E-state index contributed by atoms with van der Waals surface area (Å²) >= 11 is 0. The van der Waals surface area contributed by atoms with E-state index in [1.54, 1.807) is 0 Å². The van der Waals surface area contributed by atoms with Crippen LogP contribution in [0.1, 0.15) is 26.7 Å². The number of amidine groups is 1. The molecule has 1 aliphatic heterocycles. The molecule has 0 spiro atoms. The Hall–Kier alpha value is -1.06. The molecule has 4 nitrogen and oxygen atoms in total. The number of nitrogens with zero attached hydrogens (tertiary/aromatic N) is 1. The Morgan fingerprint density at radius 2 is 2.21 bits per heavy atom. The molecule has 0 aromatic heterocycles. The van der Waals surface area contributed by atoms with Gasteiger partial charge >= 0.3 is 0 Å². The largest absolute Gasteiger partial charge is 0.387 e. The minimum atomic E-state index is 0.0423. The van der Waals surface area contributed by atoms with E-state index >= 15 is 0 Å². The molecule has 0 aromatic carbocycles. The van der Waals surface area contributed by atoms with Crippen molar-refractivity contribution in [2.45, 2.75) is 26.7 Å². The Kier molecular flexibility index (Phi) is 3.49. The first-order chi connectivity index (χ1) is 6.52. The normalized spacial score (nSPS) is 22.5. The second-order valence-corrected chi connectivity index (χ2v) is 4.23. The van der Waals surface area contributed by atoms with Crippen LogP contribution >= 0.6 is 0 Å². The lowest BCUT2D eigenvalue weighted by atomic mass is 9.96. The van der Waals surface area contributed by atoms with Crippen molar-refractivity contribution < 1.29 is 4.79 Å². The Morgan fingerprint density at radius 3 is 2.71 bits per heavy atom. The predicted molar refractivity (Wildman–Crippen MR) is 56.1 cm³/mol. The average Bonchev–Trinajstić information content (AvgIpc) is 2.16. The van der Waals surface area contributed by atoms with Gasteiger partial charge in [-0.1, -0.05) is 13.8 Å². The van der Waals surface area contributed by atoms with E-state index in [0.29, 0.717) is 6.54 Å². The van der Waals surface area contributed by atoms with Crippen LogP contribution in [0.5, 0.6) is 0 Å². The van der Waals surface area contributed by atoms with Gasteiger partial charge in [0, 0.05) is 24.9 Å². The summed E-state index contributed by atoms with van der Waals surface area (Å²) in [6.45, 7) is 5.26. The van der Waals surface area contributed by atoms with Crippen LogP contribution in [0.25, 0.3) is 0 Å². The number of carbonyl (C=O) groups excluding carboxylic acids is 1. The van der Waals surface area contributed by atoms with Gasteiger partial charge in [-0.25, -0.2) is 0 Å². The van der Waals surface area contributed by atoms with Crippen LogP contribution in [0.2, 0.25) is 0 Å². The number of likely N-dealkylation sites (tertiary alicyclic amines) is 1. The highest BCUT2D eigenvalue weighted by atomic mass is 16.2. The summed E-state index contributed by atoms with van der Waals surface area (Å²) in [5.41, 5.74) is 5.45. The number of hydrogen-bond donors (Lipinski definition) is 2. The zero-order valence-corrected chi connectivity index (χ0v) is 8.92. The smallest absolute Gasteiger partial charge is 0.225 e. The van der Waals surface area contributed by atoms with Crippen molar-refractivity contribution in [3.63, 3.8) is 0 Å². The third-order valence-electron chi connectivity index (χ3n) is 2.67. The summed E-state index contributed by atoms with van der Waals surface area (Å²) in [6.07, 6.45) is 1.90. The molecule has 1 atom stereocenters. The molecular formula is C10H19N3O. The minimum Gasteiger partial charge on any atom is -0.387 e. The van der Waals surface area contributed by atoms with E-state index in [9.17, 15) is 4.79 Å². The van der Waals surface area contributed by atoms with Gasteiger partial charge in [-0.2, -0.15) is 0 Å². The molecule has 1 saturated heterocycles. The number of carbonyl (C=O) groups is 1. The summed E-state index contributed by atoms with van der Waals surface area (Å²) in [5.74, 6) is 0.509. The summed E-state index contributed by atoms with van der Waals surface area (Å²) < 4.78 is 0. The molecule has 80 valence electrons. The Labute approximate surface area is 85.0 Å². The molecule has 1 aliphatic rings. The molecule has 3 N–H and O–H groups in total. The van der Waals surface area contributed by atoms with Gasteiger partial charge in [0.15, 0.2) is 0 Å². The zero-order valence-electron chi connectivity index (χ0n) is 8.92. The highest BCUT2D eigenvalue weighted by Gasteiger charge is 2.26. The Morgan fingerprint density at radius 1 is 1.57 bits per heavy atom. The highest BCUT2D eigenvalue weighted by Crippen LogP contribution is 2.17. The fraction of sp³-hybridized carbons (Fsp3) is 0.800. The lowest BCUT2D eigenvalue weighted by Crippen LogP contribution is -2.45. The van der Waals surface area contributed by atoms with Crippen molar-refractivity contribution >= 4 is 11.7 Å². The standard InChI is InChI=1S/C10H19N3O/c1-7(2)10(14)13-5-3-4-8(6-13)9(11)12/h7-8H,3-6H2,1-2H3,(H3,11,12). The van der Waals surface area contributed by atoms with Gasteiger partial charge in [-0.3, -0.25) is 10.2 Å². The van der Waals surface area contributed by atoms with Gasteiger partial charge in [0.1, 0.15) is 0 Å². The average molecular weight is 197 g/mol. The van der Waals surface area contributed by atoms with Gasteiger partial charge in [-0.15, -0.1) is 0 Å². The van der Waals surface area contributed by atoms with Crippen LogP contribution in [0, 0.1) is 17.2 Å². The molecule has 0 aromatic rings. The van der Waals surface area contributed by atoms with E-state index in [-0.39, 0.29) is 23.6 Å². The molecule has 14 heavy (non-hydrogen) atoms. The van der Waals surface area contributed by atoms with Crippen molar-refractivity contribution in [3.8, 4) is 0 Å². The molecule has 1 unspecified atom stereocenters. The molecule has 0 radical (unpaired) electrons. The molecule has 1 rings (SSSR count). The number of piperidine rings is 1. The third-order valence-corrected chi connectivity index (χ3v) is 2.67. The maximum absolute atomic E-state index is 11.7. The number of amides is 1. The maximum Gasteiger partial charge on any atom is 0.225 e. The van der Waals surface area contributed by atoms with E-state index in [0.717, 1.165) is 19.4 Å². The SMILES string of the molecule is CC(C)C(=O)N1CCCC(C(=N)N)C1. The molecule has 1 heterocycles. The highest BCUT2D eigenvalue weighted by molar-refractivity contribution is 5.82. The summed E-state index contributed by atoms with van der Waals surface area (Å²) in [5, 5.41) is 7.37. The molecule has 1 fully saturated rings. The Balaban J connectivity index is 2.56. The van der Waals surface area contributed by atoms with Crippen molar-refractivity contribution in [3.05, 3.63) is 0 Å². The second-order valence-electron chi connectivity index (χ2n) is 4.23.